The summed E-state index contributed by atoms with van der Waals surface area (Å²) in [7, 11) is 0. The topological polar surface area (TPSA) is 52.6 Å². The standard InChI is InChI=1S/C28H54O4/c1-5-7-17-23-31-27(29)20-16-14-12-10-9-11-13-15-19-26(25(3)4)21-22-28(30)32-24-18-8-6-2/h25-26H,5-24H2,1-4H3. The van der Waals surface area contributed by atoms with Gasteiger partial charge in [0.1, 0.15) is 0 Å². The first-order chi connectivity index (χ1) is 15.5. The van der Waals surface area contributed by atoms with Crippen LogP contribution in [0.4, 0.5) is 0 Å². The molecule has 0 aliphatic carbocycles. The van der Waals surface area contributed by atoms with E-state index < -0.39 is 0 Å². The molecule has 0 saturated carbocycles. The minimum atomic E-state index is -0.0226. The van der Waals surface area contributed by atoms with Crippen LogP contribution in [0.3, 0.4) is 0 Å². The molecule has 0 fully saturated rings. The van der Waals surface area contributed by atoms with Gasteiger partial charge in [0, 0.05) is 12.8 Å². The van der Waals surface area contributed by atoms with Gasteiger partial charge in [-0.1, -0.05) is 105 Å². The average molecular weight is 455 g/mol. The zero-order valence-electron chi connectivity index (χ0n) is 21.9. The van der Waals surface area contributed by atoms with Crippen LogP contribution in [0.1, 0.15) is 143 Å². The van der Waals surface area contributed by atoms with E-state index in [2.05, 4.69) is 27.7 Å². The molecule has 1 atom stereocenters. The van der Waals surface area contributed by atoms with E-state index in [9.17, 15) is 9.59 Å². The van der Waals surface area contributed by atoms with Crippen molar-refractivity contribution in [2.45, 2.75) is 143 Å². The van der Waals surface area contributed by atoms with Crippen LogP contribution < -0.4 is 0 Å². The first-order valence-corrected chi connectivity index (χ1v) is 13.8. The number of carbonyl (C=O) groups is 2. The van der Waals surface area contributed by atoms with Gasteiger partial charge in [0.05, 0.1) is 13.2 Å². The first-order valence-electron chi connectivity index (χ1n) is 13.8. The van der Waals surface area contributed by atoms with Crippen molar-refractivity contribution in [1.29, 1.82) is 0 Å². The van der Waals surface area contributed by atoms with Crippen LogP contribution in [0.2, 0.25) is 0 Å². The van der Waals surface area contributed by atoms with Gasteiger partial charge in [-0.2, -0.15) is 0 Å². The van der Waals surface area contributed by atoms with E-state index in [0.29, 0.717) is 37.9 Å². The fourth-order valence-electron chi connectivity index (χ4n) is 4.07. The highest BCUT2D eigenvalue weighted by molar-refractivity contribution is 5.69. The summed E-state index contributed by atoms with van der Waals surface area (Å²) in [6, 6.07) is 0. The monoisotopic (exact) mass is 454 g/mol. The second-order valence-electron chi connectivity index (χ2n) is 9.77. The van der Waals surface area contributed by atoms with Crippen LogP contribution in [-0.4, -0.2) is 25.2 Å². The van der Waals surface area contributed by atoms with Gasteiger partial charge in [-0.05, 0) is 37.5 Å². The highest BCUT2D eigenvalue weighted by Crippen LogP contribution is 2.24. The summed E-state index contributed by atoms with van der Waals surface area (Å²) in [5.41, 5.74) is 0. The maximum absolute atomic E-state index is 11.9. The Bertz CT molecular complexity index is 433. The van der Waals surface area contributed by atoms with Gasteiger partial charge in [-0.3, -0.25) is 9.59 Å². The number of ether oxygens (including phenoxy) is 2. The Kier molecular flexibility index (Phi) is 22.3. The Morgan fingerprint density at radius 2 is 1.03 bits per heavy atom. The molecule has 4 nitrogen and oxygen atoms in total. The Morgan fingerprint density at radius 3 is 1.53 bits per heavy atom. The lowest BCUT2D eigenvalue weighted by Crippen LogP contribution is -2.13. The smallest absolute Gasteiger partial charge is 0.305 e. The third kappa shape index (κ3) is 20.8. The van der Waals surface area contributed by atoms with Crippen LogP contribution >= 0.6 is 0 Å². The fourth-order valence-corrected chi connectivity index (χ4v) is 4.07. The molecule has 0 heterocycles. The number of carbonyl (C=O) groups excluding carboxylic acids is 2. The van der Waals surface area contributed by atoms with Gasteiger partial charge in [-0.15, -0.1) is 0 Å². The molecule has 0 aromatic heterocycles. The van der Waals surface area contributed by atoms with Gasteiger partial charge < -0.3 is 9.47 Å². The predicted molar refractivity (Wildman–Crippen MR) is 135 cm³/mol. The third-order valence-electron chi connectivity index (χ3n) is 6.39. The van der Waals surface area contributed by atoms with E-state index >= 15 is 0 Å². The molecule has 0 aromatic rings. The molecule has 0 N–H and O–H groups in total. The molecule has 0 aliphatic heterocycles. The van der Waals surface area contributed by atoms with E-state index in [-0.39, 0.29) is 11.9 Å². The van der Waals surface area contributed by atoms with Crippen molar-refractivity contribution in [2.24, 2.45) is 11.8 Å². The molecular formula is C28H54O4. The summed E-state index contributed by atoms with van der Waals surface area (Å²) >= 11 is 0. The van der Waals surface area contributed by atoms with Crippen molar-refractivity contribution >= 4 is 11.9 Å². The molecule has 0 spiro atoms. The molecule has 0 rings (SSSR count). The molecule has 1 unspecified atom stereocenters. The first kappa shape index (κ1) is 30.9. The summed E-state index contributed by atoms with van der Waals surface area (Å²) in [6.07, 6.45) is 19.6. The highest BCUT2D eigenvalue weighted by Gasteiger charge is 2.15. The molecule has 0 bridgehead atoms. The normalized spacial score (nSPS) is 12.2. The summed E-state index contributed by atoms with van der Waals surface area (Å²) in [5, 5.41) is 0. The second kappa shape index (κ2) is 23.1. The molecule has 32 heavy (non-hydrogen) atoms. The molecule has 0 aliphatic rings. The molecule has 4 heteroatoms. The van der Waals surface area contributed by atoms with Crippen LogP contribution in [0.15, 0.2) is 0 Å². The molecule has 0 radical (unpaired) electrons. The van der Waals surface area contributed by atoms with E-state index in [1.165, 1.54) is 44.9 Å². The van der Waals surface area contributed by atoms with Crippen molar-refractivity contribution in [2.75, 3.05) is 13.2 Å². The van der Waals surface area contributed by atoms with E-state index in [0.717, 1.165) is 57.8 Å². The quantitative estimate of drug-likeness (QED) is 0.115. The highest BCUT2D eigenvalue weighted by atomic mass is 16.5. The maximum Gasteiger partial charge on any atom is 0.305 e. The zero-order chi connectivity index (χ0) is 23.9. The van der Waals surface area contributed by atoms with Crippen molar-refractivity contribution in [3.8, 4) is 0 Å². The number of rotatable bonds is 23. The van der Waals surface area contributed by atoms with E-state index in [1.807, 2.05) is 0 Å². The molecule has 190 valence electrons. The molecule has 0 saturated heterocycles. The van der Waals surface area contributed by atoms with Gasteiger partial charge in [0.2, 0.25) is 0 Å². The lowest BCUT2D eigenvalue weighted by molar-refractivity contribution is -0.145. The minimum Gasteiger partial charge on any atom is -0.466 e. The molecule has 0 aromatic carbocycles. The number of hydrogen-bond donors (Lipinski definition) is 0. The van der Waals surface area contributed by atoms with E-state index in [1.54, 1.807) is 0 Å². The number of unbranched alkanes of at least 4 members (excludes halogenated alkanes) is 11. The second-order valence-corrected chi connectivity index (χ2v) is 9.77. The van der Waals surface area contributed by atoms with Crippen molar-refractivity contribution in [3.63, 3.8) is 0 Å². The lowest BCUT2D eigenvalue weighted by Gasteiger charge is -2.20. The number of hydrogen-bond acceptors (Lipinski definition) is 4. The van der Waals surface area contributed by atoms with Gasteiger partial charge >= 0.3 is 11.9 Å². The van der Waals surface area contributed by atoms with E-state index in [4.69, 9.17) is 9.47 Å². The molecular weight excluding hydrogens is 400 g/mol. The summed E-state index contributed by atoms with van der Waals surface area (Å²) in [5.74, 6) is 1.21. The Labute approximate surface area is 199 Å². The fraction of sp³-hybridized carbons (Fsp3) is 0.929. The Hall–Kier alpha value is -1.06. The summed E-state index contributed by atoms with van der Waals surface area (Å²) < 4.78 is 10.6. The largest absolute Gasteiger partial charge is 0.466 e. The Balaban J connectivity index is 3.59. The maximum atomic E-state index is 11.9. The summed E-state index contributed by atoms with van der Waals surface area (Å²) in [6.45, 7) is 10.0. The SMILES string of the molecule is CCCCCOC(=O)CCCCCCCCCCC(CCC(=O)OCCCCC)C(C)C. The predicted octanol–water partition coefficient (Wildman–Crippen LogP) is 8.41. The van der Waals surface area contributed by atoms with Crippen LogP contribution in [0.25, 0.3) is 0 Å². The lowest BCUT2D eigenvalue weighted by atomic mass is 9.86. The minimum absolute atomic E-state index is 0.0171. The third-order valence-corrected chi connectivity index (χ3v) is 6.39. The van der Waals surface area contributed by atoms with Gasteiger partial charge in [-0.25, -0.2) is 0 Å². The van der Waals surface area contributed by atoms with Crippen molar-refractivity contribution in [3.05, 3.63) is 0 Å². The van der Waals surface area contributed by atoms with Crippen LogP contribution in [-0.2, 0) is 19.1 Å². The van der Waals surface area contributed by atoms with Crippen LogP contribution in [0.5, 0.6) is 0 Å². The molecule has 0 amide bonds. The summed E-state index contributed by atoms with van der Waals surface area (Å²) in [4.78, 5) is 23.5. The van der Waals surface area contributed by atoms with Gasteiger partial charge in [0.25, 0.3) is 0 Å². The van der Waals surface area contributed by atoms with Gasteiger partial charge in [0.15, 0.2) is 0 Å². The number of esters is 2. The van der Waals surface area contributed by atoms with Crippen molar-refractivity contribution < 1.29 is 19.1 Å². The van der Waals surface area contributed by atoms with Crippen LogP contribution in [0, 0.1) is 11.8 Å². The Morgan fingerprint density at radius 1 is 0.562 bits per heavy atom. The zero-order valence-corrected chi connectivity index (χ0v) is 21.9. The van der Waals surface area contributed by atoms with Crippen molar-refractivity contribution in [1.82, 2.24) is 0 Å². The average Bonchev–Trinajstić information content (AvgIpc) is 2.77.